The summed E-state index contributed by atoms with van der Waals surface area (Å²) in [4.78, 5) is 0. The predicted octanol–water partition coefficient (Wildman–Crippen LogP) is 4.95. The van der Waals surface area contributed by atoms with Crippen LogP contribution < -0.4 is 18.9 Å². The summed E-state index contributed by atoms with van der Waals surface area (Å²) in [7, 11) is 4.99. The average molecular weight is 416 g/mol. The summed E-state index contributed by atoms with van der Waals surface area (Å²) in [6.07, 6.45) is 0.354. The van der Waals surface area contributed by atoms with Gasteiger partial charge in [-0.3, -0.25) is 0 Å². The van der Waals surface area contributed by atoms with Crippen molar-refractivity contribution in [3.8, 4) is 23.0 Å². The molecular formula is C25H24N2O4. The molecule has 0 unspecified atom stereocenters. The first-order valence-corrected chi connectivity index (χ1v) is 10.2. The molecule has 2 heterocycles. The number of benzene rings is 3. The van der Waals surface area contributed by atoms with Crippen LogP contribution in [0.4, 0.5) is 0 Å². The lowest BCUT2D eigenvalue weighted by Gasteiger charge is -2.38. The maximum absolute atomic E-state index is 6.44. The monoisotopic (exact) mass is 416 g/mol. The third kappa shape index (κ3) is 3.24. The van der Waals surface area contributed by atoms with Gasteiger partial charge in [0.1, 0.15) is 23.0 Å². The van der Waals surface area contributed by atoms with Crippen molar-refractivity contribution in [2.75, 3.05) is 21.3 Å². The fraction of sp³-hybridized carbons (Fsp3) is 0.240. The number of fused-ring (bicyclic) bond motifs is 3. The van der Waals surface area contributed by atoms with Crippen molar-refractivity contribution < 1.29 is 18.9 Å². The summed E-state index contributed by atoms with van der Waals surface area (Å²) in [5, 5.41) is 7.07. The van der Waals surface area contributed by atoms with Crippen molar-refractivity contribution in [2.45, 2.75) is 18.7 Å². The van der Waals surface area contributed by atoms with Crippen molar-refractivity contribution in [3.05, 3.63) is 83.4 Å². The van der Waals surface area contributed by atoms with E-state index in [9.17, 15) is 0 Å². The third-order valence-electron chi connectivity index (χ3n) is 5.82. The standard InChI is InChI=1S/C25H24N2O4/c1-28-16-12-13-17(24(14-16)30-3)20-15-21-18-8-4-7-11-23(18)31-25(27(21)26-20)19-9-5-6-10-22(19)29-2/h4-14,21,25H,15H2,1-3H3/t21-,25+/m1/s1. The minimum Gasteiger partial charge on any atom is -0.497 e. The van der Waals surface area contributed by atoms with E-state index in [0.717, 1.165) is 51.8 Å². The summed E-state index contributed by atoms with van der Waals surface area (Å²) in [5.41, 5.74) is 3.97. The predicted molar refractivity (Wildman–Crippen MR) is 118 cm³/mol. The van der Waals surface area contributed by atoms with Crippen LogP contribution in [-0.4, -0.2) is 32.0 Å². The number of hydrazone groups is 1. The van der Waals surface area contributed by atoms with Crippen LogP contribution in [0.5, 0.6) is 23.0 Å². The van der Waals surface area contributed by atoms with E-state index in [-0.39, 0.29) is 6.04 Å². The summed E-state index contributed by atoms with van der Waals surface area (Å²) in [6, 6.07) is 21.9. The zero-order valence-corrected chi connectivity index (χ0v) is 17.7. The Bertz CT molecular complexity index is 1140. The number of rotatable bonds is 5. The third-order valence-corrected chi connectivity index (χ3v) is 5.82. The summed E-state index contributed by atoms with van der Waals surface area (Å²) < 4.78 is 23.1. The maximum Gasteiger partial charge on any atom is 0.217 e. The molecule has 0 spiro atoms. The first kappa shape index (κ1) is 19.3. The number of para-hydroxylation sites is 2. The normalized spacial score (nSPS) is 19.1. The van der Waals surface area contributed by atoms with E-state index >= 15 is 0 Å². The van der Waals surface area contributed by atoms with Gasteiger partial charge in [0.05, 0.1) is 38.6 Å². The second-order valence-electron chi connectivity index (χ2n) is 7.46. The molecule has 158 valence electrons. The first-order valence-electron chi connectivity index (χ1n) is 10.2. The van der Waals surface area contributed by atoms with Gasteiger partial charge in [-0.25, -0.2) is 5.01 Å². The smallest absolute Gasteiger partial charge is 0.217 e. The van der Waals surface area contributed by atoms with E-state index in [1.54, 1.807) is 21.3 Å². The molecular weight excluding hydrogens is 392 g/mol. The van der Waals surface area contributed by atoms with Gasteiger partial charge in [-0.05, 0) is 30.3 Å². The highest BCUT2D eigenvalue weighted by molar-refractivity contribution is 6.04. The van der Waals surface area contributed by atoms with Gasteiger partial charge in [0.2, 0.25) is 6.23 Å². The second-order valence-corrected chi connectivity index (χ2v) is 7.46. The zero-order chi connectivity index (χ0) is 21.4. The van der Waals surface area contributed by atoms with E-state index in [1.807, 2.05) is 65.7 Å². The molecule has 0 saturated carbocycles. The van der Waals surface area contributed by atoms with Crippen LogP contribution in [0.15, 0.2) is 71.8 Å². The molecule has 0 aliphatic carbocycles. The fourth-order valence-electron chi connectivity index (χ4n) is 4.31. The van der Waals surface area contributed by atoms with E-state index in [0.29, 0.717) is 0 Å². The van der Waals surface area contributed by atoms with Crippen LogP contribution in [0.25, 0.3) is 0 Å². The number of hydrogen-bond acceptors (Lipinski definition) is 6. The molecule has 2 aliphatic rings. The zero-order valence-electron chi connectivity index (χ0n) is 17.7. The highest BCUT2D eigenvalue weighted by atomic mass is 16.5. The highest BCUT2D eigenvalue weighted by Gasteiger charge is 2.42. The summed E-state index contributed by atoms with van der Waals surface area (Å²) in [5.74, 6) is 3.13. The Balaban J connectivity index is 1.61. The molecule has 2 aliphatic heterocycles. The molecule has 0 N–H and O–H groups in total. The topological polar surface area (TPSA) is 52.5 Å². The molecule has 0 saturated heterocycles. The lowest BCUT2D eigenvalue weighted by molar-refractivity contribution is -0.0203. The fourth-order valence-corrected chi connectivity index (χ4v) is 4.31. The molecule has 6 nitrogen and oxygen atoms in total. The Morgan fingerprint density at radius 2 is 1.58 bits per heavy atom. The quantitative estimate of drug-likeness (QED) is 0.589. The lowest BCUT2D eigenvalue weighted by atomic mass is 9.95. The van der Waals surface area contributed by atoms with Gasteiger partial charge in [0.15, 0.2) is 0 Å². The van der Waals surface area contributed by atoms with Gasteiger partial charge in [-0.1, -0.05) is 30.3 Å². The molecule has 31 heavy (non-hydrogen) atoms. The first-order chi connectivity index (χ1) is 15.2. The molecule has 3 aromatic rings. The highest BCUT2D eigenvalue weighted by Crippen LogP contribution is 2.49. The van der Waals surface area contributed by atoms with Gasteiger partial charge in [0, 0.05) is 23.6 Å². The van der Waals surface area contributed by atoms with Crippen LogP contribution in [0.2, 0.25) is 0 Å². The maximum atomic E-state index is 6.44. The number of ether oxygens (including phenoxy) is 4. The molecule has 0 bridgehead atoms. The van der Waals surface area contributed by atoms with Gasteiger partial charge >= 0.3 is 0 Å². The van der Waals surface area contributed by atoms with Crippen molar-refractivity contribution in [3.63, 3.8) is 0 Å². The minimum absolute atomic E-state index is 0.0571. The van der Waals surface area contributed by atoms with E-state index in [2.05, 4.69) is 6.07 Å². The van der Waals surface area contributed by atoms with Crippen molar-refractivity contribution in [1.29, 1.82) is 0 Å². The van der Waals surface area contributed by atoms with Gasteiger partial charge in [-0.2, -0.15) is 5.10 Å². The van der Waals surface area contributed by atoms with E-state index < -0.39 is 6.23 Å². The van der Waals surface area contributed by atoms with Gasteiger partial charge < -0.3 is 18.9 Å². The molecule has 2 atom stereocenters. The number of hydrogen-bond donors (Lipinski definition) is 0. The van der Waals surface area contributed by atoms with Crippen LogP contribution in [0, 0.1) is 0 Å². The number of methoxy groups -OCH3 is 3. The minimum atomic E-state index is -0.391. The van der Waals surface area contributed by atoms with Crippen molar-refractivity contribution in [1.82, 2.24) is 5.01 Å². The molecule has 6 heteroatoms. The van der Waals surface area contributed by atoms with Crippen LogP contribution in [-0.2, 0) is 0 Å². The van der Waals surface area contributed by atoms with Crippen LogP contribution in [0.3, 0.4) is 0 Å². The molecule has 3 aromatic carbocycles. The molecule has 0 aromatic heterocycles. The average Bonchev–Trinajstić information content (AvgIpc) is 3.28. The van der Waals surface area contributed by atoms with Crippen molar-refractivity contribution in [2.24, 2.45) is 5.10 Å². The lowest BCUT2D eigenvalue weighted by Crippen LogP contribution is -2.33. The summed E-state index contributed by atoms with van der Waals surface area (Å²) in [6.45, 7) is 0. The van der Waals surface area contributed by atoms with Gasteiger partial charge in [-0.15, -0.1) is 0 Å². The van der Waals surface area contributed by atoms with Crippen LogP contribution >= 0.6 is 0 Å². The van der Waals surface area contributed by atoms with Crippen LogP contribution in [0.1, 0.15) is 35.4 Å². The van der Waals surface area contributed by atoms with Gasteiger partial charge in [0.25, 0.3) is 0 Å². The Morgan fingerprint density at radius 1 is 0.839 bits per heavy atom. The Labute approximate surface area is 181 Å². The second kappa shape index (κ2) is 7.87. The Morgan fingerprint density at radius 3 is 2.35 bits per heavy atom. The van der Waals surface area contributed by atoms with E-state index in [4.69, 9.17) is 24.0 Å². The molecule has 5 rings (SSSR count). The Kier molecular flexibility index (Phi) is 4.90. The molecule has 0 fully saturated rings. The summed E-state index contributed by atoms with van der Waals surface area (Å²) >= 11 is 0. The van der Waals surface area contributed by atoms with E-state index in [1.165, 1.54) is 0 Å². The van der Waals surface area contributed by atoms with Crippen molar-refractivity contribution >= 4 is 5.71 Å². The Hall–Kier alpha value is -3.67. The number of nitrogens with zero attached hydrogens (tertiary/aromatic N) is 2. The largest absolute Gasteiger partial charge is 0.497 e. The SMILES string of the molecule is COc1ccc(C2=NN3[C@H](C2)c2ccccc2O[C@H]3c2ccccc2OC)c(OC)c1. The molecule has 0 radical (unpaired) electrons. The molecule has 0 amide bonds.